The first-order chi connectivity index (χ1) is 13.0. The van der Waals surface area contributed by atoms with Gasteiger partial charge in [0, 0.05) is 27.7 Å². The summed E-state index contributed by atoms with van der Waals surface area (Å²) in [6.45, 7) is 2.58. The number of halogens is 2. The Kier molecular flexibility index (Phi) is 4.94. The van der Waals surface area contributed by atoms with Gasteiger partial charge in [0.2, 0.25) is 5.91 Å². The number of aryl methyl sites for hydroxylation is 1. The maximum Gasteiger partial charge on any atom is 0.229 e. The summed E-state index contributed by atoms with van der Waals surface area (Å²) in [5.74, 6) is 0.852. The van der Waals surface area contributed by atoms with Crippen molar-refractivity contribution in [2.24, 2.45) is 5.92 Å². The Morgan fingerprint density at radius 1 is 1.15 bits per heavy atom. The Balaban J connectivity index is 1.40. The van der Waals surface area contributed by atoms with E-state index in [-0.39, 0.29) is 17.7 Å². The van der Waals surface area contributed by atoms with E-state index in [1.54, 1.807) is 0 Å². The van der Waals surface area contributed by atoms with Crippen LogP contribution in [0.2, 0.25) is 10.0 Å². The summed E-state index contributed by atoms with van der Waals surface area (Å²) in [5, 5.41) is 8.88. The van der Waals surface area contributed by atoms with E-state index in [1.807, 2.05) is 66.2 Å². The molecule has 4 nitrogen and oxygen atoms in total. The molecular weight excluding hydrogens is 381 g/mol. The molecule has 138 valence electrons. The van der Waals surface area contributed by atoms with E-state index < -0.39 is 0 Å². The molecule has 1 aromatic heterocycles. The number of nitrogens with one attached hydrogen (secondary N) is 1. The maximum atomic E-state index is 12.5. The minimum absolute atomic E-state index is 0.00967. The van der Waals surface area contributed by atoms with Crippen LogP contribution >= 0.6 is 23.2 Å². The van der Waals surface area contributed by atoms with Gasteiger partial charge in [-0.15, -0.1) is 0 Å². The molecule has 4 rings (SSSR count). The summed E-state index contributed by atoms with van der Waals surface area (Å²) in [5.41, 5.74) is 3.20. The van der Waals surface area contributed by atoms with E-state index >= 15 is 0 Å². The average Bonchev–Trinajstić information content (AvgIpc) is 3.36. The summed E-state index contributed by atoms with van der Waals surface area (Å²) in [6, 6.07) is 17.3. The molecule has 1 N–H and O–H groups in total. The summed E-state index contributed by atoms with van der Waals surface area (Å²) in [6.07, 6.45) is 0.857. The van der Waals surface area contributed by atoms with Crippen LogP contribution in [0.1, 0.15) is 29.2 Å². The first-order valence-electron chi connectivity index (χ1n) is 8.85. The zero-order valence-electron chi connectivity index (χ0n) is 14.8. The van der Waals surface area contributed by atoms with Gasteiger partial charge in [0.05, 0.1) is 6.54 Å². The highest BCUT2D eigenvalue weighted by Crippen LogP contribution is 2.48. The van der Waals surface area contributed by atoms with Crippen LogP contribution in [0.3, 0.4) is 0 Å². The van der Waals surface area contributed by atoms with Gasteiger partial charge in [0.25, 0.3) is 0 Å². The molecule has 2 atom stereocenters. The summed E-state index contributed by atoms with van der Waals surface area (Å²) in [4.78, 5) is 12.5. The van der Waals surface area contributed by atoms with E-state index in [1.165, 1.54) is 0 Å². The first kappa shape index (κ1) is 18.1. The zero-order valence-corrected chi connectivity index (χ0v) is 16.3. The predicted molar refractivity (Wildman–Crippen MR) is 108 cm³/mol. The van der Waals surface area contributed by atoms with Gasteiger partial charge in [0.1, 0.15) is 0 Å². The van der Waals surface area contributed by atoms with E-state index in [4.69, 9.17) is 23.2 Å². The van der Waals surface area contributed by atoms with Crippen LogP contribution in [-0.4, -0.2) is 15.7 Å². The van der Waals surface area contributed by atoms with Gasteiger partial charge < -0.3 is 5.32 Å². The molecule has 2 unspecified atom stereocenters. The third-order valence-corrected chi connectivity index (χ3v) is 5.37. The molecule has 3 aromatic rings. The van der Waals surface area contributed by atoms with Crippen LogP contribution in [-0.2, 0) is 11.3 Å². The Bertz CT molecular complexity index is 981. The number of aromatic nitrogens is 2. The fraction of sp³-hybridized carbons (Fsp3) is 0.238. The van der Waals surface area contributed by atoms with Crippen molar-refractivity contribution < 1.29 is 4.79 Å². The Morgan fingerprint density at radius 3 is 2.67 bits per heavy atom. The van der Waals surface area contributed by atoms with Crippen molar-refractivity contribution in [2.45, 2.75) is 25.8 Å². The lowest BCUT2D eigenvalue weighted by atomic mass is 10.1. The number of benzene rings is 2. The molecule has 0 aliphatic heterocycles. The van der Waals surface area contributed by atoms with Crippen molar-refractivity contribution in [1.29, 1.82) is 0 Å². The molecule has 1 heterocycles. The molecule has 27 heavy (non-hydrogen) atoms. The minimum atomic E-state index is -0.00967. The number of carbonyl (C=O) groups is 1. The van der Waals surface area contributed by atoms with Crippen LogP contribution in [0.5, 0.6) is 0 Å². The summed E-state index contributed by atoms with van der Waals surface area (Å²) >= 11 is 12.0. The molecule has 1 fully saturated rings. The van der Waals surface area contributed by atoms with E-state index in [9.17, 15) is 4.79 Å². The molecule has 0 radical (unpaired) electrons. The van der Waals surface area contributed by atoms with Gasteiger partial charge in [-0.1, -0.05) is 47.5 Å². The molecule has 1 aliphatic carbocycles. The number of carbonyl (C=O) groups excluding carboxylic acids is 1. The number of anilines is 1. The molecular formula is C21H19Cl2N3O. The normalized spacial score (nSPS) is 18.3. The molecule has 1 aliphatic rings. The van der Waals surface area contributed by atoms with Crippen molar-refractivity contribution >= 4 is 34.9 Å². The van der Waals surface area contributed by atoms with Crippen LogP contribution in [0.25, 0.3) is 0 Å². The fourth-order valence-corrected chi connectivity index (χ4v) is 3.66. The van der Waals surface area contributed by atoms with E-state index in [0.717, 1.165) is 23.2 Å². The second-order valence-electron chi connectivity index (χ2n) is 6.95. The van der Waals surface area contributed by atoms with Crippen molar-refractivity contribution in [1.82, 2.24) is 9.78 Å². The number of rotatable bonds is 5. The molecule has 2 aromatic carbocycles. The quantitative estimate of drug-likeness (QED) is 0.633. The van der Waals surface area contributed by atoms with Gasteiger partial charge in [-0.05, 0) is 54.7 Å². The van der Waals surface area contributed by atoms with Gasteiger partial charge >= 0.3 is 0 Å². The monoisotopic (exact) mass is 399 g/mol. The summed E-state index contributed by atoms with van der Waals surface area (Å²) < 4.78 is 1.87. The fourth-order valence-electron chi connectivity index (χ4n) is 3.32. The van der Waals surface area contributed by atoms with Crippen LogP contribution < -0.4 is 5.32 Å². The molecule has 6 heteroatoms. The van der Waals surface area contributed by atoms with Gasteiger partial charge in [-0.2, -0.15) is 5.10 Å². The lowest BCUT2D eigenvalue weighted by molar-refractivity contribution is -0.117. The first-order valence-corrected chi connectivity index (χ1v) is 9.60. The standard InChI is InChI=1S/C21H19Cl2N3O/c1-13-9-20(25-26(13)12-14-3-2-4-17(23)10-14)24-21(27)19-11-18(19)15-5-7-16(22)8-6-15/h2-10,18-19H,11-12H2,1H3,(H,24,25,27). The molecule has 0 saturated heterocycles. The summed E-state index contributed by atoms with van der Waals surface area (Å²) in [7, 11) is 0. The third kappa shape index (κ3) is 4.18. The topological polar surface area (TPSA) is 46.9 Å². The third-order valence-electron chi connectivity index (χ3n) is 4.88. The Labute approximate surface area is 168 Å². The second-order valence-corrected chi connectivity index (χ2v) is 7.82. The molecule has 0 spiro atoms. The van der Waals surface area contributed by atoms with Crippen LogP contribution in [0.4, 0.5) is 5.82 Å². The van der Waals surface area contributed by atoms with Crippen molar-refractivity contribution in [3.8, 4) is 0 Å². The van der Waals surface area contributed by atoms with Crippen molar-refractivity contribution in [3.05, 3.63) is 81.5 Å². The highest BCUT2D eigenvalue weighted by atomic mass is 35.5. The highest BCUT2D eigenvalue weighted by molar-refractivity contribution is 6.30. The molecule has 0 bridgehead atoms. The number of hydrogen-bond donors (Lipinski definition) is 1. The Hall–Kier alpha value is -2.30. The van der Waals surface area contributed by atoms with Gasteiger partial charge in [0.15, 0.2) is 5.82 Å². The lowest BCUT2D eigenvalue weighted by Gasteiger charge is -2.05. The van der Waals surface area contributed by atoms with E-state index in [2.05, 4.69) is 10.4 Å². The minimum Gasteiger partial charge on any atom is -0.309 e. The lowest BCUT2D eigenvalue weighted by Crippen LogP contribution is -2.15. The van der Waals surface area contributed by atoms with Gasteiger partial charge in [-0.25, -0.2) is 0 Å². The molecule has 1 saturated carbocycles. The Morgan fingerprint density at radius 2 is 1.93 bits per heavy atom. The van der Waals surface area contributed by atoms with Crippen LogP contribution in [0.15, 0.2) is 54.6 Å². The van der Waals surface area contributed by atoms with E-state index in [0.29, 0.717) is 22.4 Å². The largest absolute Gasteiger partial charge is 0.309 e. The number of nitrogens with zero attached hydrogens (tertiary/aromatic N) is 2. The average molecular weight is 400 g/mol. The molecule has 1 amide bonds. The number of amides is 1. The highest BCUT2D eigenvalue weighted by Gasteiger charge is 2.44. The smallest absolute Gasteiger partial charge is 0.229 e. The van der Waals surface area contributed by atoms with Crippen molar-refractivity contribution in [3.63, 3.8) is 0 Å². The maximum absolute atomic E-state index is 12.5. The van der Waals surface area contributed by atoms with Crippen molar-refractivity contribution in [2.75, 3.05) is 5.32 Å². The predicted octanol–water partition coefficient (Wildman–Crippen LogP) is 5.29. The number of hydrogen-bond acceptors (Lipinski definition) is 2. The van der Waals surface area contributed by atoms with Crippen LogP contribution in [0, 0.1) is 12.8 Å². The van der Waals surface area contributed by atoms with Gasteiger partial charge in [-0.3, -0.25) is 9.48 Å². The SMILES string of the molecule is Cc1cc(NC(=O)C2CC2c2ccc(Cl)cc2)nn1Cc1cccc(Cl)c1. The zero-order chi connectivity index (χ0) is 19.0. The second kappa shape index (κ2) is 7.37.